The minimum atomic E-state index is -0.970. The molecule has 0 saturated heterocycles. The van der Waals surface area contributed by atoms with Crippen LogP contribution in [0.5, 0.6) is 0 Å². The van der Waals surface area contributed by atoms with Crippen LogP contribution in [0.2, 0.25) is 0 Å². The summed E-state index contributed by atoms with van der Waals surface area (Å²) < 4.78 is 6.71. The molecule has 1 heterocycles. The third-order valence-electron chi connectivity index (χ3n) is 3.61. The number of hydrogen-bond donors (Lipinski definition) is 1. The molecule has 0 radical (unpaired) electrons. The van der Waals surface area contributed by atoms with Gasteiger partial charge in [-0.2, -0.15) is 5.26 Å². The van der Waals surface area contributed by atoms with Crippen molar-refractivity contribution in [2.75, 3.05) is 0 Å². The average molecular weight is 394 g/mol. The number of halogens is 1. The van der Waals surface area contributed by atoms with E-state index in [1.165, 1.54) is 12.1 Å². The number of carboxylic acids is 1. The van der Waals surface area contributed by atoms with Gasteiger partial charge < -0.3 is 9.52 Å². The fraction of sp³-hybridized carbons (Fsp3) is 0. The Kier molecular flexibility index (Phi) is 4.82. The number of benzene rings is 2. The molecule has 0 fully saturated rings. The van der Waals surface area contributed by atoms with Crippen molar-refractivity contribution in [3.8, 4) is 17.4 Å². The molecule has 0 saturated carbocycles. The van der Waals surface area contributed by atoms with E-state index in [9.17, 15) is 10.1 Å². The van der Waals surface area contributed by atoms with E-state index < -0.39 is 5.97 Å². The highest BCUT2D eigenvalue weighted by Crippen LogP contribution is 2.26. The summed E-state index contributed by atoms with van der Waals surface area (Å²) >= 11 is 3.37. The smallest absolute Gasteiger partial charge is 0.335 e. The van der Waals surface area contributed by atoms with E-state index in [4.69, 9.17) is 9.52 Å². The summed E-state index contributed by atoms with van der Waals surface area (Å²) in [5.41, 5.74) is 2.29. The molecule has 0 aliphatic rings. The Bertz CT molecular complexity index is 977. The Balaban J connectivity index is 1.88. The monoisotopic (exact) mass is 393 g/mol. The summed E-state index contributed by atoms with van der Waals surface area (Å²) in [5.74, 6) is 0.191. The van der Waals surface area contributed by atoms with Crippen molar-refractivity contribution in [1.82, 2.24) is 0 Å². The highest BCUT2D eigenvalue weighted by atomic mass is 79.9. The summed E-state index contributed by atoms with van der Waals surface area (Å²) in [5, 5.41) is 18.3. The number of nitriles is 1. The third kappa shape index (κ3) is 3.87. The van der Waals surface area contributed by atoms with Gasteiger partial charge in [-0.15, -0.1) is 0 Å². The molecule has 0 amide bonds. The molecule has 1 N–H and O–H groups in total. The minimum Gasteiger partial charge on any atom is -0.478 e. The first-order valence-corrected chi connectivity index (χ1v) is 8.17. The van der Waals surface area contributed by atoms with Gasteiger partial charge in [-0.1, -0.05) is 40.2 Å². The molecular formula is C20H12BrNO3. The molecule has 3 aromatic rings. The first-order valence-electron chi connectivity index (χ1n) is 7.38. The van der Waals surface area contributed by atoms with Crippen molar-refractivity contribution in [2.45, 2.75) is 0 Å². The van der Waals surface area contributed by atoms with E-state index in [1.807, 2.05) is 24.3 Å². The second kappa shape index (κ2) is 7.20. The second-order valence-corrected chi connectivity index (χ2v) is 6.18. The molecule has 0 bridgehead atoms. The van der Waals surface area contributed by atoms with Crippen LogP contribution in [0.15, 0.2) is 69.6 Å². The molecular weight excluding hydrogens is 382 g/mol. The standard InChI is InChI=1S/C20H12BrNO3/c21-17-7-5-13(6-8-17)16(12-22)11-18-9-10-19(25-18)14-1-3-15(4-2-14)20(23)24/h1-11H,(H,23,24)/b16-11-. The number of aromatic carboxylic acids is 1. The summed E-state index contributed by atoms with van der Waals surface area (Å²) in [7, 11) is 0. The zero-order valence-electron chi connectivity index (χ0n) is 12.9. The van der Waals surface area contributed by atoms with Crippen LogP contribution in [0, 0.1) is 11.3 Å². The van der Waals surface area contributed by atoms with Gasteiger partial charge in [0.05, 0.1) is 17.2 Å². The van der Waals surface area contributed by atoms with Crippen molar-refractivity contribution in [3.05, 3.63) is 82.0 Å². The quantitative estimate of drug-likeness (QED) is 0.596. The zero-order valence-corrected chi connectivity index (χ0v) is 14.5. The molecule has 5 heteroatoms. The van der Waals surface area contributed by atoms with Crippen molar-refractivity contribution >= 4 is 33.5 Å². The Morgan fingerprint density at radius 1 is 1.00 bits per heavy atom. The normalized spacial score (nSPS) is 11.1. The van der Waals surface area contributed by atoms with Gasteiger partial charge in [0, 0.05) is 10.0 Å². The van der Waals surface area contributed by atoms with Gasteiger partial charge in [-0.25, -0.2) is 4.79 Å². The van der Waals surface area contributed by atoms with Crippen LogP contribution in [0.4, 0.5) is 0 Å². The third-order valence-corrected chi connectivity index (χ3v) is 4.13. The van der Waals surface area contributed by atoms with E-state index in [0.29, 0.717) is 17.1 Å². The van der Waals surface area contributed by atoms with Crippen molar-refractivity contribution in [2.24, 2.45) is 0 Å². The molecule has 0 aliphatic carbocycles. The fourth-order valence-electron chi connectivity index (χ4n) is 2.31. The van der Waals surface area contributed by atoms with Gasteiger partial charge in [0.15, 0.2) is 0 Å². The van der Waals surface area contributed by atoms with Crippen molar-refractivity contribution < 1.29 is 14.3 Å². The molecule has 122 valence electrons. The van der Waals surface area contributed by atoms with Gasteiger partial charge >= 0.3 is 5.97 Å². The maximum atomic E-state index is 10.9. The van der Waals surface area contributed by atoms with Crippen LogP contribution in [0.25, 0.3) is 23.0 Å². The van der Waals surface area contributed by atoms with Crippen LogP contribution >= 0.6 is 15.9 Å². The summed E-state index contributed by atoms with van der Waals surface area (Å²) in [6.45, 7) is 0. The molecule has 3 rings (SSSR count). The lowest BCUT2D eigenvalue weighted by Crippen LogP contribution is -1.94. The maximum absolute atomic E-state index is 10.9. The van der Waals surface area contributed by atoms with E-state index in [0.717, 1.165) is 15.6 Å². The lowest BCUT2D eigenvalue weighted by atomic mass is 10.1. The molecule has 1 aromatic heterocycles. The first-order chi connectivity index (χ1) is 12.1. The Labute approximate surface area is 152 Å². The lowest BCUT2D eigenvalue weighted by molar-refractivity contribution is 0.0697. The molecule has 25 heavy (non-hydrogen) atoms. The van der Waals surface area contributed by atoms with Crippen LogP contribution < -0.4 is 0 Å². The Morgan fingerprint density at radius 2 is 1.64 bits per heavy atom. The molecule has 4 nitrogen and oxygen atoms in total. The highest BCUT2D eigenvalue weighted by Gasteiger charge is 2.08. The molecule has 0 aliphatic heterocycles. The van der Waals surface area contributed by atoms with Gasteiger partial charge in [-0.05, 0) is 48.0 Å². The zero-order chi connectivity index (χ0) is 17.8. The fourth-order valence-corrected chi connectivity index (χ4v) is 2.58. The maximum Gasteiger partial charge on any atom is 0.335 e. The van der Waals surface area contributed by atoms with E-state index in [1.54, 1.807) is 30.3 Å². The molecule has 2 aromatic carbocycles. The number of carboxylic acid groups (broad SMARTS) is 1. The van der Waals surface area contributed by atoms with Crippen molar-refractivity contribution in [1.29, 1.82) is 5.26 Å². The number of rotatable bonds is 4. The Morgan fingerprint density at radius 3 is 2.24 bits per heavy atom. The largest absolute Gasteiger partial charge is 0.478 e. The number of carbonyl (C=O) groups is 1. The molecule has 0 atom stereocenters. The summed E-state index contributed by atoms with van der Waals surface area (Å²) in [6, 6.07) is 19.6. The van der Waals surface area contributed by atoms with E-state index in [-0.39, 0.29) is 5.56 Å². The number of hydrogen-bond acceptors (Lipinski definition) is 3. The van der Waals surface area contributed by atoms with Crippen LogP contribution in [-0.4, -0.2) is 11.1 Å². The van der Waals surface area contributed by atoms with E-state index in [2.05, 4.69) is 22.0 Å². The van der Waals surface area contributed by atoms with Crippen LogP contribution in [0.1, 0.15) is 21.7 Å². The predicted molar refractivity (Wildman–Crippen MR) is 98.7 cm³/mol. The van der Waals surface area contributed by atoms with Crippen LogP contribution in [0.3, 0.4) is 0 Å². The van der Waals surface area contributed by atoms with E-state index >= 15 is 0 Å². The summed E-state index contributed by atoms with van der Waals surface area (Å²) in [6.07, 6.45) is 1.68. The number of allylic oxidation sites excluding steroid dienone is 1. The predicted octanol–water partition coefficient (Wildman–Crippen LogP) is 5.47. The SMILES string of the molecule is N#C/C(=C/c1ccc(-c2ccc(C(=O)O)cc2)o1)c1ccc(Br)cc1. The number of nitrogens with zero attached hydrogens (tertiary/aromatic N) is 1. The molecule has 0 spiro atoms. The number of furan rings is 1. The summed E-state index contributed by atoms with van der Waals surface area (Å²) in [4.78, 5) is 10.9. The van der Waals surface area contributed by atoms with Crippen molar-refractivity contribution in [3.63, 3.8) is 0 Å². The minimum absolute atomic E-state index is 0.220. The first kappa shape index (κ1) is 16.7. The molecule has 0 unspecified atom stereocenters. The lowest BCUT2D eigenvalue weighted by Gasteiger charge is -2.00. The van der Waals surface area contributed by atoms with Crippen LogP contribution in [-0.2, 0) is 0 Å². The van der Waals surface area contributed by atoms with Gasteiger partial charge in [0.25, 0.3) is 0 Å². The van der Waals surface area contributed by atoms with Gasteiger partial charge in [0.1, 0.15) is 11.5 Å². The van der Waals surface area contributed by atoms with Gasteiger partial charge in [-0.3, -0.25) is 0 Å². The average Bonchev–Trinajstić information content (AvgIpc) is 3.09. The topological polar surface area (TPSA) is 74.2 Å². The Hall–Kier alpha value is -3.10. The highest BCUT2D eigenvalue weighted by molar-refractivity contribution is 9.10. The second-order valence-electron chi connectivity index (χ2n) is 5.26. The van der Waals surface area contributed by atoms with Gasteiger partial charge in [0.2, 0.25) is 0 Å².